The maximum atomic E-state index is 12.7. The molecule has 4 rings (SSSR count). The van der Waals surface area contributed by atoms with E-state index in [1.54, 1.807) is 38.1 Å². The molecule has 3 aromatic carbocycles. The van der Waals surface area contributed by atoms with Crippen molar-refractivity contribution in [3.05, 3.63) is 89.3 Å². The molecule has 7 heteroatoms. The smallest absolute Gasteiger partial charge is 0.230 e. The van der Waals surface area contributed by atoms with Gasteiger partial charge in [-0.3, -0.25) is 4.79 Å². The van der Waals surface area contributed by atoms with Crippen LogP contribution in [0.2, 0.25) is 0 Å². The van der Waals surface area contributed by atoms with E-state index in [0.717, 1.165) is 40.1 Å². The molecule has 0 aliphatic heterocycles. The van der Waals surface area contributed by atoms with Crippen molar-refractivity contribution < 1.29 is 13.2 Å². The maximum Gasteiger partial charge on any atom is 0.230 e. The highest BCUT2D eigenvalue weighted by Gasteiger charge is 2.19. The first-order valence-electron chi connectivity index (χ1n) is 12.1. The molecule has 1 amide bonds. The Balaban J connectivity index is 1.48. The first-order chi connectivity index (χ1) is 17.3. The van der Waals surface area contributed by atoms with Gasteiger partial charge in [0.25, 0.3) is 0 Å². The van der Waals surface area contributed by atoms with E-state index < -0.39 is 15.1 Å². The molecule has 0 atom stereocenters. The largest absolute Gasteiger partial charge is 0.302 e. The van der Waals surface area contributed by atoms with E-state index in [0.29, 0.717) is 5.13 Å². The Bertz CT molecular complexity index is 1420. The predicted molar refractivity (Wildman–Crippen MR) is 148 cm³/mol. The van der Waals surface area contributed by atoms with Crippen molar-refractivity contribution in [1.29, 1.82) is 0 Å². The van der Waals surface area contributed by atoms with Crippen LogP contribution in [0.1, 0.15) is 37.6 Å². The molecule has 0 aliphatic carbocycles. The van der Waals surface area contributed by atoms with Gasteiger partial charge in [-0.15, -0.1) is 11.3 Å². The molecular weight excluding hydrogens is 488 g/mol. The number of thiazole rings is 1. The number of carbonyl (C=O) groups is 1. The van der Waals surface area contributed by atoms with Crippen LogP contribution >= 0.6 is 11.3 Å². The van der Waals surface area contributed by atoms with Crippen LogP contribution in [-0.4, -0.2) is 24.6 Å². The summed E-state index contributed by atoms with van der Waals surface area (Å²) < 4.78 is 24.6. The number of nitrogens with zero attached hydrogens (tertiary/aromatic N) is 1. The van der Waals surface area contributed by atoms with E-state index in [9.17, 15) is 13.2 Å². The highest BCUT2D eigenvalue weighted by atomic mass is 32.2. The van der Waals surface area contributed by atoms with Crippen molar-refractivity contribution in [2.75, 3.05) is 5.32 Å². The summed E-state index contributed by atoms with van der Waals surface area (Å²) in [6.45, 7) is 5.44. The molecular formula is C29H30N2O3S2. The average Bonchev–Trinajstić information content (AvgIpc) is 3.27. The number of aromatic nitrogens is 1. The Morgan fingerprint density at radius 2 is 1.50 bits per heavy atom. The number of carbonyl (C=O) groups excluding carboxylic acids is 1. The zero-order valence-corrected chi connectivity index (χ0v) is 22.3. The summed E-state index contributed by atoms with van der Waals surface area (Å²) in [5.74, 6) is -0.183. The van der Waals surface area contributed by atoms with E-state index in [2.05, 4.69) is 48.6 Å². The zero-order chi connectivity index (χ0) is 25.7. The third kappa shape index (κ3) is 5.91. The Morgan fingerprint density at radius 3 is 2.11 bits per heavy atom. The molecule has 1 heterocycles. The molecule has 186 valence electrons. The number of nitrogens with one attached hydrogen (secondary N) is 1. The van der Waals surface area contributed by atoms with Crippen molar-refractivity contribution in [1.82, 2.24) is 4.98 Å². The molecule has 0 unspecified atom stereocenters. The molecule has 1 aromatic heterocycles. The van der Waals surface area contributed by atoms with Crippen molar-refractivity contribution >= 4 is 32.2 Å². The summed E-state index contributed by atoms with van der Waals surface area (Å²) in [7, 11) is -3.33. The monoisotopic (exact) mass is 518 g/mol. The van der Waals surface area contributed by atoms with Gasteiger partial charge < -0.3 is 5.32 Å². The van der Waals surface area contributed by atoms with Crippen LogP contribution < -0.4 is 5.32 Å². The topological polar surface area (TPSA) is 76.1 Å². The lowest BCUT2D eigenvalue weighted by Crippen LogP contribution is -2.15. The van der Waals surface area contributed by atoms with E-state index in [4.69, 9.17) is 4.98 Å². The highest BCUT2D eigenvalue weighted by Crippen LogP contribution is 2.33. The van der Waals surface area contributed by atoms with Gasteiger partial charge in [0.15, 0.2) is 15.0 Å². The number of amides is 1. The molecule has 0 saturated heterocycles. The van der Waals surface area contributed by atoms with Gasteiger partial charge in [-0.25, -0.2) is 13.4 Å². The van der Waals surface area contributed by atoms with Crippen molar-refractivity contribution in [2.24, 2.45) is 0 Å². The Labute approximate surface area is 217 Å². The van der Waals surface area contributed by atoms with E-state index in [-0.39, 0.29) is 17.2 Å². The SMILES string of the molecule is CCCc1sc(NC(=O)Cc2ccc(S(=O)(=O)C(C)C)cc2)nc1-c1ccc(-c2ccccc2)cc1. The third-order valence-electron chi connectivity index (χ3n) is 5.92. The fraction of sp³-hybridized carbons (Fsp3) is 0.241. The van der Waals surface area contributed by atoms with Crippen molar-refractivity contribution in [3.63, 3.8) is 0 Å². The second-order valence-electron chi connectivity index (χ2n) is 8.95. The quantitative estimate of drug-likeness (QED) is 0.265. The van der Waals surface area contributed by atoms with E-state index in [1.807, 2.05) is 18.2 Å². The van der Waals surface area contributed by atoms with Gasteiger partial charge in [-0.1, -0.05) is 80.1 Å². The lowest BCUT2D eigenvalue weighted by atomic mass is 10.0. The molecule has 0 radical (unpaired) electrons. The van der Waals surface area contributed by atoms with Gasteiger partial charge in [0, 0.05) is 10.4 Å². The first kappa shape index (κ1) is 25.8. The van der Waals surface area contributed by atoms with Crippen LogP contribution in [0.4, 0.5) is 5.13 Å². The van der Waals surface area contributed by atoms with Gasteiger partial charge in [-0.05, 0) is 49.1 Å². The van der Waals surface area contributed by atoms with E-state index >= 15 is 0 Å². The van der Waals surface area contributed by atoms with Gasteiger partial charge in [0.05, 0.1) is 22.3 Å². The molecule has 5 nitrogen and oxygen atoms in total. The second-order valence-corrected chi connectivity index (χ2v) is 12.5. The van der Waals surface area contributed by atoms with Gasteiger partial charge in [0.1, 0.15) is 0 Å². The van der Waals surface area contributed by atoms with Crippen LogP contribution in [0.5, 0.6) is 0 Å². The minimum Gasteiger partial charge on any atom is -0.302 e. The molecule has 4 aromatic rings. The Hall–Kier alpha value is -3.29. The van der Waals surface area contributed by atoms with Crippen LogP contribution in [0.25, 0.3) is 22.4 Å². The Kier molecular flexibility index (Phi) is 8.01. The minimum atomic E-state index is -3.33. The summed E-state index contributed by atoms with van der Waals surface area (Å²) in [4.78, 5) is 18.9. The third-order valence-corrected chi connectivity index (χ3v) is 9.12. The zero-order valence-electron chi connectivity index (χ0n) is 20.7. The van der Waals surface area contributed by atoms with Crippen LogP contribution in [0, 0.1) is 0 Å². The lowest BCUT2D eigenvalue weighted by molar-refractivity contribution is -0.115. The molecule has 36 heavy (non-hydrogen) atoms. The number of sulfone groups is 1. The van der Waals surface area contributed by atoms with Gasteiger partial charge >= 0.3 is 0 Å². The fourth-order valence-electron chi connectivity index (χ4n) is 3.90. The fourth-order valence-corrected chi connectivity index (χ4v) is 6.06. The highest BCUT2D eigenvalue weighted by molar-refractivity contribution is 7.92. The van der Waals surface area contributed by atoms with Crippen LogP contribution in [0.15, 0.2) is 83.8 Å². The molecule has 1 N–H and O–H groups in total. The van der Waals surface area contributed by atoms with Crippen LogP contribution in [0.3, 0.4) is 0 Å². The number of rotatable bonds is 9. The summed E-state index contributed by atoms with van der Waals surface area (Å²) in [5, 5.41) is 3.02. The van der Waals surface area contributed by atoms with Gasteiger partial charge in [-0.2, -0.15) is 0 Å². The number of benzene rings is 3. The summed E-state index contributed by atoms with van der Waals surface area (Å²) in [6.07, 6.45) is 2.01. The van der Waals surface area contributed by atoms with E-state index in [1.165, 1.54) is 16.9 Å². The van der Waals surface area contributed by atoms with Crippen molar-refractivity contribution in [3.8, 4) is 22.4 Å². The number of anilines is 1. The summed E-state index contributed by atoms with van der Waals surface area (Å²) in [5.41, 5.74) is 4.99. The second kappa shape index (κ2) is 11.2. The molecule has 0 saturated carbocycles. The summed E-state index contributed by atoms with van der Waals surface area (Å²) >= 11 is 1.51. The summed E-state index contributed by atoms with van der Waals surface area (Å²) in [6, 6.07) is 25.1. The number of aryl methyl sites for hydroxylation is 1. The average molecular weight is 519 g/mol. The normalized spacial score (nSPS) is 11.6. The molecule has 0 spiro atoms. The number of hydrogen-bond donors (Lipinski definition) is 1. The predicted octanol–water partition coefficient (Wildman–Crippen LogP) is 6.79. The maximum absolute atomic E-state index is 12.7. The molecule has 0 bridgehead atoms. The molecule has 0 fully saturated rings. The van der Waals surface area contributed by atoms with Gasteiger partial charge in [0.2, 0.25) is 5.91 Å². The Morgan fingerprint density at radius 1 is 0.889 bits per heavy atom. The first-order valence-corrected chi connectivity index (χ1v) is 14.4. The van der Waals surface area contributed by atoms with Crippen molar-refractivity contribution in [2.45, 2.75) is 50.2 Å². The molecule has 0 aliphatic rings. The van der Waals surface area contributed by atoms with Crippen LogP contribution in [-0.2, 0) is 27.5 Å². The number of hydrogen-bond acceptors (Lipinski definition) is 5. The standard InChI is InChI=1S/C29H30N2O3S2/c1-4-8-26-28(24-15-13-23(14-16-24)22-9-6-5-7-10-22)31-29(35-26)30-27(32)19-21-11-17-25(18-12-21)36(33,34)20(2)3/h5-7,9-18,20H,4,8,19H2,1-3H3,(H,30,31,32). The lowest BCUT2D eigenvalue weighted by Gasteiger charge is -2.08. The minimum absolute atomic E-state index is 0.145.